The van der Waals surface area contributed by atoms with Gasteiger partial charge in [-0.1, -0.05) is 0 Å². The van der Waals surface area contributed by atoms with Crippen LogP contribution >= 0.6 is 0 Å². The van der Waals surface area contributed by atoms with Crippen molar-refractivity contribution in [2.75, 3.05) is 6.54 Å². The highest BCUT2D eigenvalue weighted by Crippen LogP contribution is 2.12. The average molecular weight is 239 g/mol. The van der Waals surface area contributed by atoms with E-state index in [0.717, 1.165) is 17.0 Å². The van der Waals surface area contributed by atoms with Gasteiger partial charge in [0.05, 0.1) is 17.7 Å². The minimum absolute atomic E-state index is 0.0914. The molecule has 0 atom stereocenters. The maximum atomic E-state index is 11.7. The fourth-order valence-electron chi connectivity index (χ4n) is 1.61. The maximum absolute atomic E-state index is 11.7. The molecule has 0 saturated carbocycles. The standard InChI is InChI=1S/C12H21N3O2/c1-8-10(9(2)15(5)14-8)6-11(16)13-7-12(3,4)17/h17H,6-7H2,1-5H3,(H,13,16). The van der Waals surface area contributed by atoms with Crippen LogP contribution in [0, 0.1) is 13.8 Å². The monoisotopic (exact) mass is 239 g/mol. The number of hydrogen-bond donors (Lipinski definition) is 2. The molecule has 0 aliphatic rings. The van der Waals surface area contributed by atoms with Gasteiger partial charge >= 0.3 is 0 Å². The van der Waals surface area contributed by atoms with Gasteiger partial charge in [0.1, 0.15) is 0 Å². The number of rotatable bonds is 4. The highest BCUT2D eigenvalue weighted by molar-refractivity contribution is 5.79. The highest BCUT2D eigenvalue weighted by atomic mass is 16.3. The van der Waals surface area contributed by atoms with Crippen molar-refractivity contribution in [3.05, 3.63) is 17.0 Å². The van der Waals surface area contributed by atoms with Gasteiger partial charge in [0.25, 0.3) is 0 Å². The van der Waals surface area contributed by atoms with Crippen LogP contribution in [-0.4, -0.2) is 32.9 Å². The predicted molar refractivity (Wildman–Crippen MR) is 65.7 cm³/mol. The average Bonchev–Trinajstić information content (AvgIpc) is 2.41. The minimum Gasteiger partial charge on any atom is -0.389 e. The van der Waals surface area contributed by atoms with Crippen molar-refractivity contribution in [2.24, 2.45) is 7.05 Å². The molecule has 1 amide bonds. The molecular weight excluding hydrogens is 218 g/mol. The van der Waals surface area contributed by atoms with Crippen molar-refractivity contribution in [1.82, 2.24) is 15.1 Å². The molecule has 96 valence electrons. The second-order valence-electron chi connectivity index (χ2n) is 5.04. The van der Waals surface area contributed by atoms with E-state index in [-0.39, 0.29) is 12.5 Å². The number of carbonyl (C=O) groups excluding carboxylic acids is 1. The number of aryl methyl sites for hydroxylation is 2. The third-order valence-corrected chi connectivity index (χ3v) is 2.71. The van der Waals surface area contributed by atoms with E-state index in [1.807, 2.05) is 20.9 Å². The molecule has 0 spiro atoms. The molecule has 0 fully saturated rings. The lowest BCUT2D eigenvalue weighted by Crippen LogP contribution is -2.38. The van der Waals surface area contributed by atoms with Gasteiger partial charge in [-0.05, 0) is 27.7 Å². The largest absolute Gasteiger partial charge is 0.389 e. The van der Waals surface area contributed by atoms with E-state index in [9.17, 15) is 9.90 Å². The molecule has 0 bridgehead atoms. The van der Waals surface area contributed by atoms with Crippen molar-refractivity contribution < 1.29 is 9.90 Å². The molecule has 1 aromatic heterocycles. The molecule has 5 nitrogen and oxygen atoms in total. The zero-order valence-electron chi connectivity index (χ0n) is 11.2. The van der Waals surface area contributed by atoms with E-state index < -0.39 is 5.60 Å². The fraction of sp³-hybridized carbons (Fsp3) is 0.667. The summed E-state index contributed by atoms with van der Waals surface area (Å²) < 4.78 is 1.77. The number of amides is 1. The molecule has 17 heavy (non-hydrogen) atoms. The molecule has 0 aliphatic heterocycles. The first-order valence-electron chi connectivity index (χ1n) is 5.69. The predicted octanol–water partition coefficient (Wildman–Crippen LogP) is 0.467. The first-order valence-corrected chi connectivity index (χ1v) is 5.69. The van der Waals surface area contributed by atoms with Crippen LogP contribution < -0.4 is 5.32 Å². The van der Waals surface area contributed by atoms with Gasteiger partial charge in [-0.2, -0.15) is 5.10 Å². The zero-order chi connectivity index (χ0) is 13.2. The Balaban J connectivity index is 2.63. The molecule has 0 aromatic carbocycles. The van der Waals surface area contributed by atoms with Crippen LogP contribution in [0.15, 0.2) is 0 Å². The van der Waals surface area contributed by atoms with Crippen molar-refractivity contribution in [1.29, 1.82) is 0 Å². The Morgan fingerprint density at radius 1 is 1.47 bits per heavy atom. The number of aliphatic hydroxyl groups is 1. The molecule has 0 saturated heterocycles. The Morgan fingerprint density at radius 2 is 2.06 bits per heavy atom. The lowest BCUT2D eigenvalue weighted by Gasteiger charge is -2.17. The highest BCUT2D eigenvalue weighted by Gasteiger charge is 2.16. The van der Waals surface area contributed by atoms with Gasteiger partial charge in [0.15, 0.2) is 0 Å². The number of nitrogens with one attached hydrogen (secondary N) is 1. The number of carbonyl (C=O) groups is 1. The summed E-state index contributed by atoms with van der Waals surface area (Å²) in [6.45, 7) is 7.41. The fourth-order valence-corrected chi connectivity index (χ4v) is 1.61. The van der Waals surface area contributed by atoms with Crippen LogP contribution in [0.3, 0.4) is 0 Å². The number of aromatic nitrogens is 2. The van der Waals surface area contributed by atoms with Crippen molar-refractivity contribution >= 4 is 5.91 Å². The summed E-state index contributed by atoms with van der Waals surface area (Å²) in [5, 5.41) is 16.5. The SMILES string of the molecule is Cc1nn(C)c(C)c1CC(=O)NCC(C)(C)O. The number of hydrogen-bond acceptors (Lipinski definition) is 3. The molecule has 0 unspecified atom stereocenters. The minimum atomic E-state index is -0.880. The molecule has 2 N–H and O–H groups in total. The molecule has 0 radical (unpaired) electrons. The molecular formula is C12H21N3O2. The smallest absolute Gasteiger partial charge is 0.224 e. The first kappa shape index (κ1) is 13.7. The van der Waals surface area contributed by atoms with Crippen molar-refractivity contribution in [3.8, 4) is 0 Å². The topological polar surface area (TPSA) is 67.2 Å². The third kappa shape index (κ3) is 3.85. The van der Waals surface area contributed by atoms with Crippen LogP contribution in [0.25, 0.3) is 0 Å². The van der Waals surface area contributed by atoms with Crippen LogP contribution in [0.4, 0.5) is 0 Å². The summed E-state index contributed by atoms with van der Waals surface area (Å²) in [5.41, 5.74) is 1.96. The summed E-state index contributed by atoms with van der Waals surface area (Å²) in [6, 6.07) is 0. The Morgan fingerprint density at radius 3 is 2.47 bits per heavy atom. The quantitative estimate of drug-likeness (QED) is 0.802. The van der Waals surface area contributed by atoms with Crippen molar-refractivity contribution in [3.63, 3.8) is 0 Å². The zero-order valence-corrected chi connectivity index (χ0v) is 11.2. The lowest BCUT2D eigenvalue weighted by molar-refractivity contribution is -0.121. The van der Waals surface area contributed by atoms with E-state index in [2.05, 4.69) is 10.4 Å². The van der Waals surface area contributed by atoms with Crippen LogP contribution in [0.5, 0.6) is 0 Å². The Hall–Kier alpha value is -1.36. The van der Waals surface area contributed by atoms with E-state index in [0.29, 0.717) is 6.42 Å². The molecule has 5 heteroatoms. The molecule has 0 aliphatic carbocycles. The molecule has 1 rings (SSSR count). The first-order chi connectivity index (χ1) is 7.70. The van der Waals surface area contributed by atoms with Crippen molar-refractivity contribution in [2.45, 2.75) is 39.7 Å². The maximum Gasteiger partial charge on any atom is 0.224 e. The van der Waals surface area contributed by atoms with Gasteiger partial charge in [0, 0.05) is 24.8 Å². The van der Waals surface area contributed by atoms with Crippen LogP contribution in [0.1, 0.15) is 30.8 Å². The normalized spacial score (nSPS) is 11.6. The summed E-state index contributed by atoms with van der Waals surface area (Å²) in [6.07, 6.45) is 0.307. The summed E-state index contributed by atoms with van der Waals surface area (Å²) in [4.78, 5) is 11.7. The Kier molecular flexibility index (Phi) is 3.93. The Bertz CT molecular complexity index is 416. The van der Waals surface area contributed by atoms with E-state index in [1.54, 1.807) is 18.5 Å². The summed E-state index contributed by atoms with van der Waals surface area (Å²) >= 11 is 0. The molecule has 1 heterocycles. The van der Waals surface area contributed by atoms with Crippen LogP contribution in [-0.2, 0) is 18.3 Å². The van der Waals surface area contributed by atoms with Gasteiger partial charge in [0.2, 0.25) is 5.91 Å². The van der Waals surface area contributed by atoms with E-state index in [1.165, 1.54) is 0 Å². The van der Waals surface area contributed by atoms with Gasteiger partial charge in [-0.25, -0.2) is 0 Å². The van der Waals surface area contributed by atoms with Crippen LogP contribution in [0.2, 0.25) is 0 Å². The second kappa shape index (κ2) is 4.87. The van der Waals surface area contributed by atoms with E-state index in [4.69, 9.17) is 0 Å². The summed E-state index contributed by atoms with van der Waals surface area (Å²) in [5.74, 6) is -0.0914. The second-order valence-corrected chi connectivity index (χ2v) is 5.04. The third-order valence-electron chi connectivity index (χ3n) is 2.71. The van der Waals surface area contributed by atoms with E-state index >= 15 is 0 Å². The summed E-state index contributed by atoms with van der Waals surface area (Å²) in [7, 11) is 1.86. The lowest BCUT2D eigenvalue weighted by atomic mass is 10.1. The molecule has 1 aromatic rings. The van der Waals surface area contributed by atoms with Gasteiger partial charge < -0.3 is 10.4 Å². The van der Waals surface area contributed by atoms with Gasteiger partial charge in [-0.15, -0.1) is 0 Å². The number of nitrogens with zero attached hydrogens (tertiary/aromatic N) is 2. The Labute approximate surface area is 102 Å². The van der Waals surface area contributed by atoms with Gasteiger partial charge in [-0.3, -0.25) is 9.48 Å².